The molecule has 1 saturated carbocycles. The second-order valence-corrected chi connectivity index (χ2v) is 5.00. The lowest BCUT2D eigenvalue weighted by molar-refractivity contribution is -0.132. The summed E-state index contributed by atoms with van der Waals surface area (Å²) in [5.74, 6) is 0.248. The predicted molar refractivity (Wildman–Crippen MR) is 59.9 cm³/mol. The molecule has 4 unspecified atom stereocenters. The van der Waals surface area contributed by atoms with Crippen LogP contribution in [0.2, 0.25) is 0 Å². The second-order valence-electron chi connectivity index (χ2n) is 5.00. The molecule has 1 heterocycles. The maximum absolute atomic E-state index is 11.9. The Bertz CT molecular complexity index is 257. The molecule has 0 radical (unpaired) electrons. The normalized spacial score (nSPS) is 38.9. The van der Waals surface area contributed by atoms with Crippen LogP contribution in [0.4, 0.5) is 0 Å². The van der Waals surface area contributed by atoms with Crippen LogP contribution in [0.1, 0.15) is 39.0 Å². The molecule has 92 valence electrons. The van der Waals surface area contributed by atoms with Gasteiger partial charge in [0.25, 0.3) is 0 Å². The van der Waals surface area contributed by atoms with Gasteiger partial charge in [0.15, 0.2) is 0 Å². The number of ether oxygens (including phenoxy) is 1. The van der Waals surface area contributed by atoms with Gasteiger partial charge < -0.3 is 15.2 Å². The number of carbonyl (C=O) groups excluding carboxylic acids is 1. The fourth-order valence-electron chi connectivity index (χ4n) is 2.72. The van der Waals surface area contributed by atoms with Crippen molar-refractivity contribution < 1.29 is 14.6 Å². The molecule has 0 aromatic carbocycles. The molecule has 4 nitrogen and oxygen atoms in total. The van der Waals surface area contributed by atoms with Gasteiger partial charge in [-0.1, -0.05) is 6.42 Å². The third-order valence-corrected chi connectivity index (χ3v) is 3.75. The van der Waals surface area contributed by atoms with Crippen LogP contribution in [0.15, 0.2) is 0 Å². The summed E-state index contributed by atoms with van der Waals surface area (Å²) >= 11 is 0. The smallest absolute Gasteiger partial charge is 0.249 e. The Morgan fingerprint density at radius 1 is 1.38 bits per heavy atom. The van der Waals surface area contributed by atoms with Crippen molar-refractivity contribution >= 4 is 5.91 Å². The maximum atomic E-state index is 11.9. The van der Waals surface area contributed by atoms with E-state index >= 15 is 0 Å². The number of hydrogen-bond acceptors (Lipinski definition) is 3. The Hall–Kier alpha value is -0.610. The molecule has 0 aromatic rings. The van der Waals surface area contributed by atoms with Crippen LogP contribution in [0, 0.1) is 5.92 Å². The number of aliphatic hydroxyl groups is 1. The van der Waals surface area contributed by atoms with Crippen LogP contribution in [-0.4, -0.2) is 35.9 Å². The van der Waals surface area contributed by atoms with Gasteiger partial charge in [-0.05, 0) is 32.6 Å². The van der Waals surface area contributed by atoms with Crippen molar-refractivity contribution in [2.75, 3.05) is 6.61 Å². The van der Waals surface area contributed by atoms with Gasteiger partial charge >= 0.3 is 0 Å². The molecule has 4 heteroatoms. The molecule has 0 spiro atoms. The van der Waals surface area contributed by atoms with Crippen molar-refractivity contribution in [1.82, 2.24) is 5.32 Å². The molecule has 1 saturated heterocycles. The van der Waals surface area contributed by atoms with E-state index in [9.17, 15) is 9.90 Å². The second kappa shape index (κ2) is 5.15. The average molecular weight is 227 g/mol. The average Bonchev–Trinajstić information content (AvgIpc) is 2.86. The fraction of sp³-hybridized carbons (Fsp3) is 0.917. The number of aliphatic hydroxyl groups excluding tert-OH is 1. The Morgan fingerprint density at radius 3 is 2.81 bits per heavy atom. The van der Waals surface area contributed by atoms with E-state index in [2.05, 4.69) is 5.32 Å². The largest absolute Gasteiger partial charge is 0.396 e. The standard InChI is InChI=1S/C12H21NO3/c1-8-5-6-11(16-8)12(15)13-10-4-2-3-9(10)7-14/h8-11,14H,2-7H2,1H3,(H,13,15). The van der Waals surface area contributed by atoms with Gasteiger partial charge in [0, 0.05) is 18.6 Å². The molecule has 2 N–H and O–H groups in total. The summed E-state index contributed by atoms with van der Waals surface area (Å²) < 4.78 is 5.53. The van der Waals surface area contributed by atoms with Crippen molar-refractivity contribution in [3.8, 4) is 0 Å². The van der Waals surface area contributed by atoms with E-state index in [1.807, 2.05) is 6.92 Å². The monoisotopic (exact) mass is 227 g/mol. The van der Waals surface area contributed by atoms with E-state index in [0.29, 0.717) is 0 Å². The molecule has 4 atom stereocenters. The first-order chi connectivity index (χ1) is 7.70. The minimum Gasteiger partial charge on any atom is -0.396 e. The maximum Gasteiger partial charge on any atom is 0.249 e. The van der Waals surface area contributed by atoms with Gasteiger partial charge in [-0.3, -0.25) is 4.79 Å². The molecule has 2 rings (SSSR count). The van der Waals surface area contributed by atoms with Crippen LogP contribution >= 0.6 is 0 Å². The molecule has 2 fully saturated rings. The first kappa shape index (κ1) is 11.9. The van der Waals surface area contributed by atoms with Crippen LogP contribution in [0.5, 0.6) is 0 Å². The van der Waals surface area contributed by atoms with Gasteiger partial charge in [0.05, 0.1) is 6.10 Å². The van der Waals surface area contributed by atoms with E-state index < -0.39 is 0 Å². The first-order valence-corrected chi connectivity index (χ1v) is 6.27. The van der Waals surface area contributed by atoms with Crippen LogP contribution in [-0.2, 0) is 9.53 Å². The summed E-state index contributed by atoms with van der Waals surface area (Å²) in [6.45, 7) is 2.17. The minimum atomic E-state index is -0.269. The summed E-state index contributed by atoms with van der Waals surface area (Å²) in [5.41, 5.74) is 0. The van der Waals surface area contributed by atoms with E-state index in [4.69, 9.17) is 4.74 Å². The highest BCUT2D eigenvalue weighted by Crippen LogP contribution is 2.26. The zero-order chi connectivity index (χ0) is 11.5. The lowest BCUT2D eigenvalue weighted by Gasteiger charge is -2.21. The van der Waals surface area contributed by atoms with E-state index in [-0.39, 0.29) is 36.7 Å². The van der Waals surface area contributed by atoms with Gasteiger partial charge in [-0.15, -0.1) is 0 Å². The molecule has 1 aliphatic carbocycles. The van der Waals surface area contributed by atoms with Crippen LogP contribution < -0.4 is 5.32 Å². The van der Waals surface area contributed by atoms with Crippen LogP contribution in [0.3, 0.4) is 0 Å². The summed E-state index contributed by atoms with van der Waals surface area (Å²) in [4.78, 5) is 11.9. The lowest BCUT2D eigenvalue weighted by Crippen LogP contribution is -2.43. The highest BCUT2D eigenvalue weighted by atomic mass is 16.5. The summed E-state index contributed by atoms with van der Waals surface area (Å²) in [5, 5.41) is 12.2. The van der Waals surface area contributed by atoms with Gasteiger partial charge in [0.1, 0.15) is 6.10 Å². The van der Waals surface area contributed by atoms with Crippen LogP contribution in [0.25, 0.3) is 0 Å². The van der Waals surface area contributed by atoms with E-state index in [1.165, 1.54) is 0 Å². The van der Waals surface area contributed by atoms with Gasteiger partial charge in [-0.2, -0.15) is 0 Å². The summed E-state index contributed by atoms with van der Waals surface area (Å²) in [6.07, 6.45) is 4.82. The van der Waals surface area contributed by atoms with Gasteiger partial charge in [0.2, 0.25) is 5.91 Å². The number of nitrogens with one attached hydrogen (secondary N) is 1. The number of amides is 1. The van der Waals surface area contributed by atoms with Crippen molar-refractivity contribution in [3.63, 3.8) is 0 Å². The molecular formula is C12H21NO3. The van der Waals surface area contributed by atoms with Crippen molar-refractivity contribution in [2.45, 2.75) is 57.3 Å². The molecule has 16 heavy (non-hydrogen) atoms. The Kier molecular flexibility index (Phi) is 3.82. The third kappa shape index (κ3) is 2.55. The quantitative estimate of drug-likeness (QED) is 0.751. The van der Waals surface area contributed by atoms with E-state index in [1.54, 1.807) is 0 Å². The SMILES string of the molecule is CC1CCC(C(=O)NC2CCCC2CO)O1. The zero-order valence-corrected chi connectivity index (χ0v) is 9.82. The van der Waals surface area contributed by atoms with Crippen molar-refractivity contribution in [3.05, 3.63) is 0 Å². The summed E-state index contributed by atoms with van der Waals surface area (Å²) in [7, 11) is 0. The fourth-order valence-corrected chi connectivity index (χ4v) is 2.72. The predicted octanol–water partition coefficient (Wildman–Crippen LogP) is 0.831. The number of carbonyl (C=O) groups is 1. The molecule has 1 amide bonds. The molecular weight excluding hydrogens is 206 g/mol. The molecule has 0 bridgehead atoms. The highest BCUT2D eigenvalue weighted by molar-refractivity contribution is 5.81. The topological polar surface area (TPSA) is 58.6 Å². The number of rotatable bonds is 3. The minimum absolute atomic E-state index is 0.00898. The molecule has 2 aliphatic rings. The molecule has 1 aliphatic heterocycles. The molecule has 0 aromatic heterocycles. The summed E-state index contributed by atoms with van der Waals surface area (Å²) in [6, 6.07) is 0.150. The van der Waals surface area contributed by atoms with E-state index in [0.717, 1.165) is 32.1 Å². The van der Waals surface area contributed by atoms with Crippen molar-refractivity contribution in [1.29, 1.82) is 0 Å². The Morgan fingerprint density at radius 2 is 2.19 bits per heavy atom. The van der Waals surface area contributed by atoms with Gasteiger partial charge in [-0.25, -0.2) is 0 Å². The number of hydrogen-bond donors (Lipinski definition) is 2. The Balaban J connectivity index is 1.82. The lowest BCUT2D eigenvalue weighted by atomic mass is 10.0. The zero-order valence-electron chi connectivity index (χ0n) is 9.82. The Labute approximate surface area is 96.4 Å². The van der Waals surface area contributed by atoms with Crippen molar-refractivity contribution in [2.24, 2.45) is 5.92 Å². The third-order valence-electron chi connectivity index (χ3n) is 3.75. The first-order valence-electron chi connectivity index (χ1n) is 6.27. The highest BCUT2D eigenvalue weighted by Gasteiger charge is 2.33.